The molecule has 0 aliphatic carbocycles. The largest absolute Gasteiger partial charge is 0.489 e. The number of carbonyl (C=O) groups is 2. The van der Waals surface area contributed by atoms with E-state index in [0.717, 1.165) is 17.2 Å². The first-order chi connectivity index (χ1) is 21.0. The Morgan fingerprint density at radius 2 is 1.60 bits per heavy atom. The van der Waals surface area contributed by atoms with E-state index in [1.165, 1.54) is 31.4 Å². The SMILES string of the molecule is Cc1c(COc2ccc(NS(=O)(=O)C[C@H](C(=O)NO)N3CCN(S(C)(=O)=O)CC3)cc2)c2ccccc2n1C(=O)OC(C)(C)C. The molecule has 4 rings (SSSR count). The molecule has 246 valence electrons. The highest BCUT2D eigenvalue weighted by atomic mass is 32.2. The standard InChI is InChI=1S/C29H39N5O9S2/c1-20-24(23-8-6-7-9-25(23)34(20)28(36)43-29(2,3)4)18-42-22-12-10-21(11-13-22)31-45(40,41)19-26(27(35)30-37)32-14-16-33(17-15-32)44(5,38)39/h6-13,26,31,37H,14-19H2,1-5H3,(H,30,35)/t26-/m1/s1. The molecule has 2 heterocycles. The van der Waals surface area contributed by atoms with E-state index < -0.39 is 49.4 Å². The van der Waals surface area contributed by atoms with Crippen molar-refractivity contribution in [3.63, 3.8) is 0 Å². The van der Waals surface area contributed by atoms with Gasteiger partial charge >= 0.3 is 6.09 Å². The summed E-state index contributed by atoms with van der Waals surface area (Å²) < 4.78 is 66.5. The molecule has 0 radical (unpaired) electrons. The van der Waals surface area contributed by atoms with Gasteiger partial charge in [0, 0.05) is 48.5 Å². The summed E-state index contributed by atoms with van der Waals surface area (Å²) in [5.41, 5.74) is 3.23. The zero-order valence-electron chi connectivity index (χ0n) is 25.8. The van der Waals surface area contributed by atoms with E-state index in [4.69, 9.17) is 9.47 Å². The maximum absolute atomic E-state index is 13.0. The summed E-state index contributed by atoms with van der Waals surface area (Å²) in [5, 5.41) is 10.1. The van der Waals surface area contributed by atoms with Crippen molar-refractivity contribution in [1.29, 1.82) is 0 Å². The Balaban J connectivity index is 1.43. The van der Waals surface area contributed by atoms with Crippen LogP contribution < -0.4 is 14.9 Å². The molecule has 1 amide bonds. The van der Waals surface area contributed by atoms with Gasteiger partial charge in [0.15, 0.2) is 0 Å². The van der Waals surface area contributed by atoms with Gasteiger partial charge in [0.1, 0.15) is 24.0 Å². The van der Waals surface area contributed by atoms with Gasteiger partial charge in [-0.25, -0.2) is 31.7 Å². The number of para-hydroxylation sites is 1. The number of aromatic nitrogens is 1. The highest BCUT2D eigenvalue weighted by molar-refractivity contribution is 7.92. The van der Waals surface area contributed by atoms with Gasteiger partial charge in [-0.1, -0.05) is 18.2 Å². The van der Waals surface area contributed by atoms with Crippen LogP contribution in [0.5, 0.6) is 5.75 Å². The van der Waals surface area contributed by atoms with E-state index in [0.29, 0.717) is 17.0 Å². The number of ether oxygens (including phenoxy) is 2. The first kappa shape index (κ1) is 34.2. The molecule has 14 nitrogen and oxygen atoms in total. The maximum Gasteiger partial charge on any atom is 0.419 e. The molecular formula is C29H39N5O9S2. The minimum atomic E-state index is -4.08. The number of rotatable bonds is 10. The van der Waals surface area contributed by atoms with Gasteiger partial charge in [-0.15, -0.1) is 0 Å². The van der Waals surface area contributed by atoms with Crippen LogP contribution in [0.15, 0.2) is 48.5 Å². The van der Waals surface area contributed by atoms with Crippen molar-refractivity contribution in [2.75, 3.05) is 42.9 Å². The van der Waals surface area contributed by atoms with Crippen LogP contribution in [0.2, 0.25) is 0 Å². The fraction of sp³-hybridized carbons (Fsp3) is 0.448. The Bertz CT molecular complexity index is 1760. The molecule has 0 bridgehead atoms. The van der Waals surface area contributed by atoms with Gasteiger partial charge in [-0.3, -0.25) is 19.6 Å². The van der Waals surface area contributed by atoms with Crippen molar-refractivity contribution in [3.05, 3.63) is 59.8 Å². The number of hydrogen-bond acceptors (Lipinski definition) is 10. The molecule has 1 aliphatic heterocycles. The second kappa shape index (κ2) is 13.3. The second-order valence-corrected chi connectivity index (χ2v) is 15.5. The molecule has 1 aliphatic rings. The summed E-state index contributed by atoms with van der Waals surface area (Å²) in [7, 11) is -7.50. The number of fused-ring (bicyclic) bond motifs is 1. The second-order valence-electron chi connectivity index (χ2n) is 11.8. The first-order valence-electron chi connectivity index (χ1n) is 14.2. The Labute approximate surface area is 262 Å². The van der Waals surface area contributed by atoms with E-state index in [1.54, 1.807) is 32.9 Å². The highest BCUT2D eigenvalue weighted by Crippen LogP contribution is 2.29. The Morgan fingerprint density at radius 3 is 2.18 bits per heavy atom. The molecule has 0 saturated carbocycles. The smallest absolute Gasteiger partial charge is 0.419 e. The normalized spacial score (nSPS) is 15.9. The topological polar surface area (TPSA) is 177 Å². The first-order valence-corrected chi connectivity index (χ1v) is 17.7. The van der Waals surface area contributed by atoms with E-state index in [9.17, 15) is 31.6 Å². The molecule has 16 heteroatoms. The van der Waals surface area contributed by atoms with Crippen LogP contribution in [0.25, 0.3) is 10.9 Å². The van der Waals surface area contributed by atoms with Crippen molar-refractivity contribution in [2.45, 2.75) is 45.9 Å². The quantitative estimate of drug-likeness (QED) is 0.215. The van der Waals surface area contributed by atoms with Gasteiger partial charge < -0.3 is 9.47 Å². The number of benzene rings is 2. The van der Waals surface area contributed by atoms with Crippen molar-refractivity contribution < 1.29 is 41.1 Å². The number of sulfonamides is 2. The number of nitrogens with one attached hydrogen (secondary N) is 2. The molecule has 1 fully saturated rings. The lowest BCUT2D eigenvalue weighted by atomic mass is 10.1. The lowest BCUT2D eigenvalue weighted by Gasteiger charge is -2.37. The van der Waals surface area contributed by atoms with Crippen LogP contribution in [0.3, 0.4) is 0 Å². The summed E-state index contributed by atoms with van der Waals surface area (Å²) in [5.74, 6) is -1.13. The number of nitrogens with zero attached hydrogens (tertiary/aromatic N) is 3. The van der Waals surface area contributed by atoms with Crippen molar-refractivity contribution in [3.8, 4) is 5.75 Å². The van der Waals surface area contributed by atoms with E-state index >= 15 is 0 Å². The molecular weight excluding hydrogens is 626 g/mol. The van der Waals surface area contributed by atoms with Gasteiger partial charge in [0.25, 0.3) is 5.91 Å². The Hall–Kier alpha value is -3.70. The minimum Gasteiger partial charge on any atom is -0.489 e. The van der Waals surface area contributed by atoms with Crippen molar-refractivity contribution >= 4 is 48.6 Å². The monoisotopic (exact) mass is 665 g/mol. The summed E-state index contributed by atoms with van der Waals surface area (Å²) in [6, 6.07) is 12.4. The molecule has 1 atom stereocenters. The van der Waals surface area contributed by atoms with Crippen LogP contribution in [0.1, 0.15) is 32.0 Å². The molecule has 0 unspecified atom stereocenters. The Morgan fingerprint density at radius 1 is 0.978 bits per heavy atom. The van der Waals surface area contributed by atoms with Crippen molar-refractivity contribution in [2.24, 2.45) is 0 Å². The highest BCUT2D eigenvalue weighted by Gasteiger charge is 2.35. The lowest BCUT2D eigenvalue weighted by molar-refractivity contribution is -0.134. The molecule has 1 aromatic heterocycles. The number of carbonyl (C=O) groups excluding carboxylic acids is 2. The van der Waals surface area contributed by atoms with E-state index in [1.807, 2.05) is 31.2 Å². The fourth-order valence-electron chi connectivity index (χ4n) is 5.13. The average molecular weight is 666 g/mol. The number of amides is 1. The van der Waals surface area contributed by atoms with Crippen LogP contribution in [0.4, 0.5) is 10.5 Å². The van der Waals surface area contributed by atoms with E-state index in [-0.39, 0.29) is 38.5 Å². The number of hydroxylamine groups is 1. The average Bonchev–Trinajstić information content (AvgIpc) is 3.24. The third-order valence-electron chi connectivity index (χ3n) is 7.30. The fourth-order valence-corrected chi connectivity index (χ4v) is 7.31. The van der Waals surface area contributed by atoms with Gasteiger partial charge in [-0.05, 0) is 58.0 Å². The van der Waals surface area contributed by atoms with E-state index in [2.05, 4.69) is 4.72 Å². The van der Waals surface area contributed by atoms with Crippen LogP contribution >= 0.6 is 0 Å². The third-order valence-corrected chi connectivity index (χ3v) is 9.91. The summed E-state index contributed by atoms with van der Waals surface area (Å²) >= 11 is 0. The van der Waals surface area contributed by atoms with Gasteiger partial charge in [0.2, 0.25) is 20.0 Å². The molecule has 0 spiro atoms. The van der Waals surface area contributed by atoms with Crippen LogP contribution in [-0.4, -0.2) is 97.6 Å². The van der Waals surface area contributed by atoms with Crippen LogP contribution in [0, 0.1) is 6.92 Å². The van der Waals surface area contributed by atoms with Gasteiger partial charge in [0.05, 0.1) is 17.5 Å². The van der Waals surface area contributed by atoms with Crippen LogP contribution in [-0.2, 0) is 36.2 Å². The Kier molecular flexibility index (Phi) is 10.1. The minimum absolute atomic E-state index is 0.0873. The number of piperazine rings is 1. The lowest BCUT2D eigenvalue weighted by Crippen LogP contribution is -2.57. The summed E-state index contributed by atoms with van der Waals surface area (Å²) in [4.78, 5) is 26.9. The predicted molar refractivity (Wildman–Crippen MR) is 168 cm³/mol. The zero-order valence-corrected chi connectivity index (χ0v) is 27.4. The molecule has 2 aromatic carbocycles. The molecule has 45 heavy (non-hydrogen) atoms. The van der Waals surface area contributed by atoms with Crippen molar-refractivity contribution in [1.82, 2.24) is 19.3 Å². The number of anilines is 1. The summed E-state index contributed by atoms with van der Waals surface area (Å²) in [6.07, 6.45) is 0.589. The molecule has 1 saturated heterocycles. The summed E-state index contributed by atoms with van der Waals surface area (Å²) in [6.45, 7) is 7.76. The zero-order chi connectivity index (χ0) is 33.2. The predicted octanol–water partition coefficient (Wildman–Crippen LogP) is 2.50. The number of hydrogen-bond donors (Lipinski definition) is 3. The molecule has 3 N–H and O–H groups in total. The third kappa shape index (κ3) is 8.52. The maximum atomic E-state index is 13.0. The molecule has 3 aromatic rings. The van der Waals surface area contributed by atoms with Gasteiger partial charge in [-0.2, -0.15) is 4.31 Å².